The predicted molar refractivity (Wildman–Crippen MR) is 108 cm³/mol. The van der Waals surface area contributed by atoms with Gasteiger partial charge in [0.05, 0.1) is 18.8 Å². The first-order valence-corrected chi connectivity index (χ1v) is 10.2. The number of rotatable bonds is 6. The number of hydrogen-bond acceptors (Lipinski definition) is 5. The molecule has 1 saturated heterocycles. The Hall–Kier alpha value is -2.02. The van der Waals surface area contributed by atoms with Gasteiger partial charge >= 0.3 is 0 Å². The van der Waals surface area contributed by atoms with Crippen molar-refractivity contribution in [2.75, 3.05) is 19.5 Å². The zero-order chi connectivity index (χ0) is 18.6. The molecule has 5 nitrogen and oxygen atoms in total. The second kappa shape index (κ2) is 8.33. The Morgan fingerprint density at radius 3 is 2.74 bits per heavy atom. The molecule has 0 amide bonds. The van der Waals surface area contributed by atoms with E-state index in [-0.39, 0.29) is 6.10 Å². The standard InChI is InChI=1S/C20H20ClN3O2S/c1-25-18-7-3-2-6-17(18)19-22-23-20(27-13-16-5-4-12-26-16)24(19)15-10-8-14(21)9-11-15/h2-3,6-11,16H,4-5,12-13H2,1H3. The molecule has 0 bridgehead atoms. The average molecular weight is 402 g/mol. The molecule has 0 aliphatic carbocycles. The maximum Gasteiger partial charge on any atom is 0.196 e. The molecule has 1 aromatic heterocycles. The lowest BCUT2D eigenvalue weighted by Gasteiger charge is -2.13. The summed E-state index contributed by atoms with van der Waals surface area (Å²) in [4.78, 5) is 0. The summed E-state index contributed by atoms with van der Waals surface area (Å²) in [6.45, 7) is 0.849. The van der Waals surface area contributed by atoms with Gasteiger partial charge in [-0.1, -0.05) is 35.5 Å². The highest BCUT2D eigenvalue weighted by atomic mass is 35.5. The number of ether oxygens (including phenoxy) is 2. The van der Waals surface area contributed by atoms with Crippen LogP contribution in [0.3, 0.4) is 0 Å². The van der Waals surface area contributed by atoms with Crippen LogP contribution in [0.25, 0.3) is 17.1 Å². The minimum Gasteiger partial charge on any atom is -0.496 e. The molecule has 3 aromatic rings. The number of benzene rings is 2. The lowest BCUT2D eigenvalue weighted by molar-refractivity contribution is 0.129. The van der Waals surface area contributed by atoms with E-state index in [1.807, 2.05) is 53.1 Å². The monoisotopic (exact) mass is 401 g/mol. The van der Waals surface area contributed by atoms with Gasteiger partial charge in [0.1, 0.15) is 5.75 Å². The molecule has 0 spiro atoms. The maximum atomic E-state index is 6.08. The van der Waals surface area contributed by atoms with Gasteiger partial charge in [-0.2, -0.15) is 0 Å². The summed E-state index contributed by atoms with van der Waals surface area (Å²) in [5.74, 6) is 2.36. The van der Waals surface area contributed by atoms with Crippen LogP contribution in [0.2, 0.25) is 5.02 Å². The van der Waals surface area contributed by atoms with Crippen molar-refractivity contribution in [3.63, 3.8) is 0 Å². The third-order valence-electron chi connectivity index (χ3n) is 4.49. The van der Waals surface area contributed by atoms with E-state index in [1.165, 1.54) is 0 Å². The van der Waals surface area contributed by atoms with E-state index >= 15 is 0 Å². The van der Waals surface area contributed by atoms with E-state index in [0.29, 0.717) is 5.02 Å². The second-order valence-electron chi connectivity index (χ2n) is 6.26. The van der Waals surface area contributed by atoms with Crippen molar-refractivity contribution in [3.8, 4) is 22.8 Å². The topological polar surface area (TPSA) is 49.2 Å². The lowest BCUT2D eigenvalue weighted by Crippen LogP contribution is -2.09. The molecular formula is C20H20ClN3O2S. The smallest absolute Gasteiger partial charge is 0.196 e. The number of halogens is 1. The number of hydrogen-bond donors (Lipinski definition) is 0. The second-order valence-corrected chi connectivity index (χ2v) is 7.69. The van der Waals surface area contributed by atoms with Crippen molar-refractivity contribution in [3.05, 3.63) is 53.6 Å². The highest BCUT2D eigenvalue weighted by Crippen LogP contribution is 2.34. The number of methoxy groups -OCH3 is 1. The Morgan fingerprint density at radius 1 is 1.19 bits per heavy atom. The van der Waals surface area contributed by atoms with Gasteiger partial charge in [-0.15, -0.1) is 10.2 Å². The highest BCUT2D eigenvalue weighted by Gasteiger charge is 2.21. The van der Waals surface area contributed by atoms with E-state index in [0.717, 1.165) is 53.2 Å². The first kappa shape index (κ1) is 18.3. The summed E-state index contributed by atoms with van der Waals surface area (Å²) in [7, 11) is 1.66. The minimum atomic E-state index is 0.278. The summed E-state index contributed by atoms with van der Waals surface area (Å²) in [6.07, 6.45) is 2.50. The number of aromatic nitrogens is 3. The Bertz CT molecular complexity index is 908. The van der Waals surface area contributed by atoms with E-state index < -0.39 is 0 Å². The Kier molecular flexibility index (Phi) is 5.66. The van der Waals surface area contributed by atoms with Crippen molar-refractivity contribution in [2.24, 2.45) is 0 Å². The molecule has 2 heterocycles. The fraction of sp³-hybridized carbons (Fsp3) is 0.300. The molecule has 1 atom stereocenters. The van der Waals surface area contributed by atoms with E-state index in [4.69, 9.17) is 21.1 Å². The third kappa shape index (κ3) is 3.98. The predicted octanol–water partition coefficient (Wildman–Crippen LogP) is 4.87. The molecule has 0 saturated carbocycles. The molecule has 1 unspecified atom stereocenters. The third-order valence-corrected chi connectivity index (χ3v) is 5.80. The van der Waals surface area contributed by atoms with Gasteiger partial charge in [-0.3, -0.25) is 4.57 Å². The van der Waals surface area contributed by atoms with Crippen LogP contribution in [0.5, 0.6) is 5.75 Å². The largest absolute Gasteiger partial charge is 0.496 e. The first-order chi connectivity index (χ1) is 13.3. The van der Waals surface area contributed by atoms with Crippen LogP contribution in [0, 0.1) is 0 Å². The number of thioether (sulfide) groups is 1. The van der Waals surface area contributed by atoms with E-state index in [9.17, 15) is 0 Å². The first-order valence-electron chi connectivity index (χ1n) is 8.85. The van der Waals surface area contributed by atoms with E-state index in [2.05, 4.69) is 10.2 Å². The van der Waals surface area contributed by atoms with Gasteiger partial charge in [0, 0.05) is 23.1 Å². The Labute approximate surface area is 167 Å². The van der Waals surface area contributed by atoms with Crippen molar-refractivity contribution in [1.29, 1.82) is 0 Å². The molecule has 2 aromatic carbocycles. The van der Waals surface area contributed by atoms with Crippen molar-refractivity contribution in [2.45, 2.75) is 24.1 Å². The van der Waals surface area contributed by atoms with Crippen LogP contribution < -0.4 is 4.74 Å². The Balaban J connectivity index is 1.75. The number of nitrogens with zero attached hydrogens (tertiary/aromatic N) is 3. The quantitative estimate of drug-likeness (QED) is 0.551. The lowest BCUT2D eigenvalue weighted by atomic mass is 10.2. The molecule has 1 aliphatic heterocycles. The summed E-state index contributed by atoms with van der Waals surface area (Å²) in [5, 5.41) is 10.5. The fourth-order valence-electron chi connectivity index (χ4n) is 3.13. The van der Waals surface area contributed by atoms with Crippen molar-refractivity contribution >= 4 is 23.4 Å². The van der Waals surface area contributed by atoms with Gasteiger partial charge in [0.25, 0.3) is 0 Å². The van der Waals surface area contributed by atoms with Crippen LogP contribution in [0.15, 0.2) is 53.7 Å². The molecule has 7 heteroatoms. The van der Waals surface area contributed by atoms with Crippen LogP contribution >= 0.6 is 23.4 Å². The molecule has 0 N–H and O–H groups in total. The van der Waals surface area contributed by atoms with Crippen LogP contribution in [0.1, 0.15) is 12.8 Å². The molecular weight excluding hydrogens is 382 g/mol. The van der Waals surface area contributed by atoms with Gasteiger partial charge < -0.3 is 9.47 Å². The van der Waals surface area contributed by atoms with Gasteiger partial charge in [0.2, 0.25) is 0 Å². The minimum absolute atomic E-state index is 0.278. The molecule has 27 heavy (non-hydrogen) atoms. The fourth-order valence-corrected chi connectivity index (χ4v) is 4.28. The summed E-state index contributed by atoms with van der Waals surface area (Å²) in [6, 6.07) is 15.5. The molecule has 0 radical (unpaired) electrons. The summed E-state index contributed by atoms with van der Waals surface area (Å²) in [5.41, 5.74) is 1.85. The van der Waals surface area contributed by atoms with Crippen molar-refractivity contribution in [1.82, 2.24) is 14.8 Å². The average Bonchev–Trinajstić information content (AvgIpc) is 3.36. The van der Waals surface area contributed by atoms with Crippen LogP contribution in [-0.4, -0.2) is 40.3 Å². The zero-order valence-corrected chi connectivity index (χ0v) is 16.5. The maximum absolute atomic E-state index is 6.08. The van der Waals surface area contributed by atoms with Gasteiger partial charge in [-0.05, 0) is 49.2 Å². The summed E-state index contributed by atoms with van der Waals surface area (Å²) >= 11 is 7.75. The molecule has 1 fully saturated rings. The summed E-state index contributed by atoms with van der Waals surface area (Å²) < 4.78 is 13.3. The zero-order valence-electron chi connectivity index (χ0n) is 15.0. The van der Waals surface area contributed by atoms with Crippen LogP contribution in [-0.2, 0) is 4.74 Å². The number of para-hydroxylation sites is 1. The molecule has 140 valence electrons. The highest BCUT2D eigenvalue weighted by molar-refractivity contribution is 7.99. The normalized spacial score (nSPS) is 16.6. The SMILES string of the molecule is COc1ccccc1-c1nnc(SCC2CCCO2)n1-c1ccc(Cl)cc1. The van der Waals surface area contributed by atoms with Crippen molar-refractivity contribution < 1.29 is 9.47 Å². The molecule has 1 aliphatic rings. The van der Waals surface area contributed by atoms with Gasteiger partial charge in [0.15, 0.2) is 11.0 Å². The van der Waals surface area contributed by atoms with Gasteiger partial charge in [-0.25, -0.2) is 0 Å². The van der Waals surface area contributed by atoms with Crippen LogP contribution in [0.4, 0.5) is 0 Å². The van der Waals surface area contributed by atoms with E-state index in [1.54, 1.807) is 18.9 Å². The Morgan fingerprint density at radius 2 is 2.00 bits per heavy atom. The molecule has 4 rings (SSSR count).